The molecule has 8 heteroatoms. The molecule has 1 saturated heterocycles. The molecule has 2 N–H and O–H groups in total. The van der Waals surface area contributed by atoms with Gasteiger partial charge in [-0.25, -0.2) is 23.1 Å². The SMILES string of the molecule is CCCNc1ncc(S(=O)(=O)NC2CCSC2)cn1. The highest BCUT2D eigenvalue weighted by molar-refractivity contribution is 7.99. The summed E-state index contributed by atoms with van der Waals surface area (Å²) in [6, 6.07) is 0.0212. The van der Waals surface area contributed by atoms with E-state index < -0.39 is 10.0 Å². The average Bonchev–Trinajstić information content (AvgIpc) is 2.89. The molecule has 1 fully saturated rings. The summed E-state index contributed by atoms with van der Waals surface area (Å²) in [5.74, 6) is 2.29. The molecule has 0 saturated carbocycles. The number of anilines is 1. The number of nitrogens with one attached hydrogen (secondary N) is 2. The van der Waals surface area contributed by atoms with E-state index in [0.29, 0.717) is 5.95 Å². The van der Waals surface area contributed by atoms with Crippen molar-refractivity contribution in [2.75, 3.05) is 23.4 Å². The monoisotopic (exact) mass is 302 g/mol. The van der Waals surface area contributed by atoms with Gasteiger partial charge >= 0.3 is 0 Å². The quantitative estimate of drug-likeness (QED) is 0.818. The molecule has 2 rings (SSSR count). The minimum Gasteiger partial charge on any atom is -0.354 e. The van der Waals surface area contributed by atoms with Crippen LogP contribution in [0.15, 0.2) is 17.3 Å². The summed E-state index contributed by atoms with van der Waals surface area (Å²) in [6.45, 7) is 2.80. The predicted octanol–water partition coefficient (Wildman–Crippen LogP) is 1.08. The molecule has 1 aliphatic rings. The molecule has 1 aromatic heterocycles. The van der Waals surface area contributed by atoms with Crippen LogP contribution in [0.25, 0.3) is 0 Å². The van der Waals surface area contributed by atoms with E-state index in [1.54, 1.807) is 11.8 Å². The zero-order valence-corrected chi connectivity index (χ0v) is 12.4. The van der Waals surface area contributed by atoms with E-state index in [1.165, 1.54) is 12.4 Å². The first-order chi connectivity index (χ1) is 9.12. The molecule has 0 spiro atoms. The minimum absolute atomic E-state index is 0.0212. The van der Waals surface area contributed by atoms with Crippen LogP contribution in [0.4, 0.5) is 5.95 Å². The van der Waals surface area contributed by atoms with E-state index in [0.717, 1.165) is 30.9 Å². The van der Waals surface area contributed by atoms with Crippen molar-refractivity contribution >= 4 is 27.7 Å². The van der Waals surface area contributed by atoms with Gasteiger partial charge < -0.3 is 5.32 Å². The number of hydrogen-bond acceptors (Lipinski definition) is 6. The van der Waals surface area contributed by atoms with Crippen LogP contribution < -0.4 is 10.0 Å². The van der Waals surface area contributed by atoms with E-state index >= 15 is 0 Å². The van der Waals surface area contributed by atoms with Gasteiger partial charge in [-0.15, -0.1) is 0 Å². The Morgan fingerprint density at radius 1 is 1.42 bits per heavy atom. The first-order valence-corrected chi connectivity index (χ1v) is 8.91. The molecule has 0 bridgehead atoms. The summed E-state index contributed by atoms with van der Waals surface area (Å²) in [7, 11) is -3.50. The van der Waals surface area contributed by atoms with Gasteiger partial charge in [-0.3, -0.25) is 0 Å². The second-order valence-corrected chi connectivity index (χ2v) is 7.21. The molecule has 19 heavy (non-hydrogen) atoms. The zero-order valence-electron chi connectivity index (χ0n) is 10.8. The molecule has 0 radical (unpaired) electrons. The van der Waals surface area contributed by atoms with Gasteiger partial charge in [0.25, 0.3) is 0 Å². The molecular weight excluding hydrogens is 284 g/mol. The maximum atomic E-state index is 12.1. The first kappa shape index (κ1) is 14.5. The zero-order chi connectivity index (χ0) is 13.7. The molecule has 106 valence electrons. The molecule has 1 atom stereocenters. The molecule has 1 unspecified atom stereocenters. The molecular formula is C11H18N4O2S2. The van der Waals surface area contributed by atoms with Gasteiger partial charge in [0.1, 0.15) is 4.90 Å². The van der Waals surface area contributed by atoms with Gasteiger partial charge in [-0.05, 0) is 18.6 Å². The Labute approximate surface area is 117 Å². The summed E-state index contributed by atoms with van der Waals surface area (Å²) in [6.07, 6.45) is 4.52. The van der Waals surface area contributed by atoms with Crippen LogP contribution in [0.2, 0.25) is 0 Å². The Balaban J connectivity index is 2.03. The summed E-state index contributed by atoms with van der Waals surface area (Å²) >= 11 is 1.76. The largest absolute Gasteiger partial charge is 0.354 e. The highest BCUT2D eigenvalue weighted by atomic mass is 32.2. The van der Waals surface area contributed by atoms with E-state index in [-0.39, 0.29) is 10.9 Å². The highest BCUT2D eigenvalue weighted by Gasteiger charge is 2.23. The van der Waals surface area contributed by atoms with E-state index in [9.17, 15) is 8.42 Å². The van der Waals surface area contributed by atoms with Crippen molar-refractivity contribution in [1.29, 1.82) is 0 Å². The Morgan fingerprint density at radius 3 is 2.74 bits per heavy atom. The first-order valence-electron chi connectivity index (χ1n) is 6.28. The topological polar surface area (TPSA) is 84.0 Å². The number of hydrogen-bond donors (Lipinski definition) is 2. The highest BCUT2D eigenvalue weighted by Crippen LogP contribution is 2.19. The fourth-order valence-electron chi connectivity index (χ4n) is 1.70. The van der Waals surface area contributed by atoms with Gasteiger partial charge in [-0.2, -0.15) is 11.8 Å². The van der Waals surface area contributed by atoms with Crippen molar-refractivity contribution in [3.63, 3.8) is 0 Å². The number of thioether (sulfide) groups is 1. The average molecular weight is 302 g/mol. The van der Waals surface area contributed by atoms with Crippen molar-refractivity contribution in [3.8, 4) is 0 Å². The molecule has 2 heterocycles. The minimum atomic E-state index is -3.50. The third-order valence-corrected chi connectivity index (χ3v) is 5.36. The number of sulfonamides is 1. The fourth-order valence-corrected chi connectivity index (χ4v) is 4.11. The van der Waals surface area contributed by atoms with Gasteiger partial charge in [0.05, 0.1) is 12.4 Å². The molecule has 1 aliphatic heterocycles. The molecule has 0 aromatic carbocycles. The smallest absolute Gasteiger partial charge is 0.243 e. The Hall–Kier alpha value is -0.860. The van der Waals surface area contributed by atoms with Crippen LogP contribution >= 0.6 is 11.8 Å². The van der Waals surface area contributed by atoms with E-state index in [1.807, 2.05) is 6.92 Å². The van der Waals surface area contributed by atoms with Crippen molar-refractivity contribution in [2.24, 2.45) is 0 Å². The lowest BCUT2D eigenvalue weighted by atomic mass is 10.3. The van der Waals surface area contributed by atoms with E-state index in [2.05, 4.69) is 20.0 Å². The maximum Gasteiger partial charge on any atom is 0.243 e. The van der Waals surface area contributed by atoms with E-state index in [4.69, 9.17) is 0 Å². The standard InChI is InChI=1S/C11H18N4O2S2/c1-2-4-12-11-13-6-10(7-14-11)19(16,17)15-9-3-5-18-8-9/h6-7,9,15H,2-5,8H2,1H3,(H,12,13,14). The van der Waals surface area contributed by atoms with Gasteiger partial charge in [0.15, 0.2) is 0 Å². The van der Waals surface area contributed by atoms with Crippen molar-refractivity contribution < 1.29 is 8.42 Å². The second-order valence-electron chi connectivity index (χ2n) is 4.35. The van der Waals surface area contributed by atoms with Crippen LogP contribution in [0.1, 0.15) is 19.8 Å². The number of aromatic nitrogens is 2. The molecule has 1 aromatic rings. The third kappa shape index (κ3) is 4.05. The number of nitrogens with zero attached hydrogens (tertiary/aromatic N) is 2. The summed E-state index contributed by atoms with van der Waals surface area (Å²) in [4.78, 5) is 8.14. The predicted molar refractivity (Wildman–Crippen MR) is 76.9 cm³/mol. The van der Waals surface area contributed by atoms with Crippen molar-refractivity contribution in [1.82, 2.24) is 14.7 Å². The second kappa shape index (κ2) is 6.53. The Kier molecular flexibility index (Phi) is 5.00. The Bertz CT molecular complexity index is 498. The van der Waals surface area contributed by atoms with Gasteiger partial charge in [-0.1, -0.05) is 6.92 Å². The lowest BCUT2D eigenvalue weighted by Gasteiger charge is -2.11. The number of rotatable bonds is 6. The fraction of sp³-hybridized carbons (Fsp3) is 0.636. The molecule has 0 aliphatic carbocycles. The Morgan fingerprint density at radius 2 is 2.16 bits per heavy atom. The summed E-state index contributed by atoms with van der Waals surface area (Å²) < 4.78 is 26.9. The third-order valence-electron chi connectivity index (χ3n) is 2.72. The molecule has 0 amide bonds. The van der Waals surface area contributed by atoms with Crippen LogP contribution in [0.3, 0.4) is 0 Å². The van der Waals surface area contributed by atoms with Crippen molar-refractivity contribution in [3.05, 3.63) is 12.4 Å². The van der Waals surface area contributed by atoms with Gasteiger partial charge in [0.2, 0.25) is 16.0 Å². The maximum absolute atomic E-state index is 12.1. The van der Waals surface area contributed by atoms with Crippen molar-refractivity contribution in [2.45, 2.75) is 30.7 Å². The summed E-state index contributed by atoms with van der Waals surface area (Å²) in [5, 5.41) is 3.01. The lowest BCUT2D eigenvalue weighted by molar-refractivity contribution is 0.562. The lowest BCUT2D eigenvalue weighted by Crippen LogP contribution is -2.34. The van der Waals surface area contributed by atoms with Crippen LogP contribution in [-0.4, -0.2) is 42.5 Å². The van der Waals surface area contributed by atoms with Crippen LogP contribution in [0.5, 0.6) is 0 Å². The molecule has 6 nitrogen and oxygen atoms in total. The van der Waals surface area contributed by atoms with Gasteiger partial charge in [0, 0.05) is 18.3 Å². The summed E-state index contributed by atoms with van der Waals surface area (Å²) in [5.41, 5.74) is 0. The van der Waals surface area contributed by atoms with Crippen LogP contribution in [0, 0.1) is 0 Å². The van der Waals surface area contributed by atoms with Crippen LogP contribution in [-0.2, 0) is 10.0 Å². The normalized spacial score (nSPS) is 19.5.